The number of hydrogen-bond donors (Lipinski definition) is 1. The SMILES string of the molecule is CCN1CCN(C(=O)Nc2ccc(Oc3cccc(OC)c3)cc2)[C@@H](C)C1=O. The van der Waals surface area contributed by atoms with Crippen molar-refractivity contribution >= 4 is 17.6 Å². The Bertz CT molecular complexity index is 838. The highest BCUT2D eigenvalue weighted by atomic mass is 16.5. The normalized spacial score (nSPS) is 16.7. The molecule has 1 heterocycles. The molecule has 1 aliphatic rings. The second kappa shape index (κ2) is 8.65. The minimum atomic E-state index is -0.468. The molecule has 3 rings (SSSR count). The molecule has 28 heavy (non-hydrogen) atoms. The first-order valence-electron chi connectivity index (χ1n) is 9.30. The number of carbonyl (C=O) groups excluding carboxylic acids is 2. The third kappa shape index (κ3) is 4.36. The largest absolute Gasteiger partial charge is 0.497 e. The van der Waals surface area contributed by atoms with Crippen molar-refractivity contribution in [3.8, 4) is 17.2 Å². The maximum atomic E-state index is 12.6. The molecule has 0 unspecified atom stereocenters. The highest BCUT2D eigenvalue weighted by molar-refractivity contribution is 5.94. The Hall–Kier alpha value is -3.22. The Morgan fingerprint density at radius 3 is 2.50 bits per heavy atom. The number of carbonyl (C=O) groups is 2. The lowest BCUT2D eigenvalue weighted by molar-refractivity contribution is -0.138. The van der Waals surface area contributed by atoms with Crippen LogP contribution in [0.1, 0.15) is 13.8 Å². The molecule has 1 aliphatic heterocycles. The van der Waals surface area contributed by atoms with E-state index >= 15 is 0 Å². The number of piperazine rings is 1. The zero-order chi connectivity index (χ0) is 20.1. The Balaban J connectivity index is 1.61. The maximum Gasteiger partial charge on any atom is 0.322 e. The number of ether oxygens (including phenoxy) is 2. The summed E-state index contributed by atoms with van der Waals surface area (Å²) in [7, 11) is 1.60. The molecular formula is C21H25N3O4. The van der Waals surface area contributed by atoms with Gasteiger partial charge in [-0.3, -0.25) is 4.79 Å². The lowest BCUT2D eigenvalue weighted by Gasteiger charge is -2.38. The summed E-state index contributed by atoms with van der Waals surface area (Å²) in [5.74, 6) is 2.00. The van der Waals surface area contributed by atoms with Crippen molar-refractivity contribution in [1.29, 1.82) is 0 Å². The topological polar surface area (TPSA) is 71.1 Å². The van der Waals surface area contributed by atoms with E-state index in [1.54, 1.807) is 54.2 Å². The Labute approximate surface area is 164 Å². The van der Waals surface area contributed by atoms with Crippen LogP contribution >= 0.6 is 0 Å². The molecule has 1 fully saturated rings. The standard InChI is InChI=1S/C21H25N3O4/c1-4-23-12-13-24(15(2)20(23)25)21(26)22-16-8-10-17(11-9-16)28-19-7-5-6-18(14-19)27-3/h5-11,14-15H,4,12-13H2,1-3H3,(H,22,26)/t15-/m0/s1. The van der Waals surface area contributed by atoms with Crippen molar-refractivity contribution < 1.29 is 19.1 Å². The Morgan fingerprint density at radius 2 is 1.82 bits per heavy atom. The first kappa shape index (κ1) is 19.5. The van der Waals surface area contributed by atoms with Crippen molar-refractivity contribution in [3.63, 3.8) is 0 Å². The smallest absolute Gasteiger partial charge is 0.322 e. The number of methoxy groups -OCH3 is 1. The zero-order valence-corrected chi connectivity index (χ0v) is 16.3. The van der Waals surface area contributed by atoms with Crippen LogP contribution in [-0.4, -0.2) is 54.5 Å². The molecule has 0 radical (unpaired) electrons. The summed E-state index contributed by atoms with van der Waals surface area (Å²) in [5.41, 5.74) is 0.639. The van der Waals surface area contributed by atoms with Crippen molar-refractivity contribution in [2.45, 2.75) is 19.9 Å². The van der Waals surface area contributed by atoms with E-state index in [0.29, 0.717) is 42.6 Å². The molecule has 148 valence electrons. The number of rotatable bonds is 5. The highest BCUT2D eigenvalue weighted by Crippen LogP contribution is 2.26. The average molecular weight is 383 g/mol. The Kier molecular flexibility index (Phi) is 6.03. The lowest BCUT2D eigenvalue weighted by Crippen LogP contribution is -2.58. The van der Waals surface area contributed by atoms with Crippen molar-refractivity contribution in [2.75, 3.05) is 32.1 Å². The van der Waals surface area contributed by atoms with Gasteiger partial charge in [-0.05, 0) is 50.2 Å². The van der Waals surface area contributed by atoms with E-state index in [1.807, 2.05) is 25.1 Å². The highest BCUT2D eigenvalue weighted by Gasteiger charge is 2.33. The van der Waals surface area contributed by atoms with E-state index in [1.165, 1.54) is 0 Å². The number of benzene rings is 2. The molecule has 3 amide bonds. The molecule has 1 saturated heterocycles. The average Bonchev–Trinajstić information content (AvgIpc) is 2.71. The molecule has 2 aromatic carbocycles. The van der Waals surface area contributed by atoms with Gasteiger partial charge in [-0.15, -0.1) is 0 Å². The molecule has 1 atom stereocenters. The summed E-state index contributed by atoms with van der Waals surface area (Å²) >= 11 is 0. The van der Waals surface area contributed by atoms with E-state index < -0.39 is 6.04 Å². The molecule has 1 N–H and O–H groups in total. The molecule has 0 aromatic heterocycles. The van der Waals surface area contributed by atoms with E-state index in [4.69, 9.17) is 9.47 Å². The fraction of sp³-hybridized carbons (Fsp3) is 0.333. The van der Waals surface area contributed by atoms with Crippen LogP contribution in [0.25, 0.3) is 0 Å². The van der Waals surface area contributed by atoms with Gasteiger partial charge in [0.1, 0.15) is 23.3 Å². The molecule has 2 aromatic rings. The van der Waals surface area contributed by atoms with Gasteiger partial charge in [-0.25, -0.2) is 4.79 Å². The monoisotopic (exact) mass is 383 g/mol. The van der Waals surface area contributed by atoms with Crippen molar-refractivity contribution in [2.24, 2.45) is 0 Å². The predicted molar refractivity (Wildman–Crippen MR) is 107 cm³/mol. The minimum absolute atomic E-state index is 0.0223. The van der Waals surface area contributed by atoms with Crippen LogP contribution in [0.4, 0.5) is 10.5 Å². The minimum Gasteiger partial charge on any atom is -0.497 e. The van der Waals surface area contributed by atoms with Crippen LogP contribution in [0.5, 0.6) is 17.2 Å². The summed E-state index contributed by atoms with van der Waals surface area (Å²) in [6.45, 7) is 5.43. The predicted octanol–water partition coefficient (Wildman–Crippen LogP) is 3.57. The van der Waals surface area contributed by atoms with Gasteiger partial charge in [-0.1, -0.05) is 6.07 Å². The second-order valence-corrected chi connectivity index (χ2v) is 6.52. The van der Waals surface area contributed by atoms with E-state index in [9.17, 15) is 9.59 Å². The van der Waals surface area contributed by atoms with Crippen LogP contribution < -0.4 is 14.8 Å². The second-order valence-electron chi connectivity index (χ2n) is 6.52. The summed E-state index contributed by atoms with van der Waals surface area (Å²) in [5, 5.41) is 2.85. The number of nitrogens with zero attached hydrogens (tertiary/aromatic N) is 2. The summed E-state index contributed by atoms with van der Waals surface area (Å²) < 4.78 is 11.0. The summed E-state index contributed by atoms with van der Waals surface area (Å²) in [4.78, 5) is 28.2. The molecule has 0 bridgehead atoms. The fourth-order valence-electron chi connectivity index (χ4n) is 3.12. The van der Waals surface area contributed by atoms with Gasteiger partial charge < -0.3 is 24.6 Å². The van der Waals surface area contributed by atoms with Crippen LogP contribution in [0.3, 0.4) is 0 Å². The fourth-order valence-corrected chi connectivity index (χ4v) is 3.12. The number of nitrogens with one attached hydrogen (secondary N) is 1. The quantitative estimate of drug-likeness (QED) is 0.857. The third-order valence-corrected chi connectivity index (χ3v) is 4.77. The first-order valence-corrected chi connectivity index (χ1v) is 9.30. The van der Waals surface area contributed by atoms with Gasteiger partial charge >= 0.3 is 6.03 Å². The van der Waals surface area contributed by atoms with Crippen LogP contribution in [0.15, 0.2) is 48.5 Å². The van der Waals surface area contributed by atoms with Gasteiger partial charge in [-0.2, -0.15) is 0 Å². The summed E-state index contributed by atoms with van der Waals surface area (Å²) in [6.07, 6.45) is 0. The van der Waals surface area contributed by atoms with Gasteiger partial charge in [0.15, 0.2) is 0 Å². The number of urea groups is 1. The molecular weight excluding hydrogens is 358 g/mol. The molecule has 7 heteroatoms. The molecule has 0 saturated carbocycles. The number of likely N-dealkylation sites (N-methyl/N-ethyl adjacent to an activating group) is 1. The number of anilines is 1. The molecule has 7 nitrogen and oxygen atoms in total. The first-order chi connectivity index (χ1) is 13.5. The molecule has 0 aliphatic carbocycles. The third-order valence-electron chi connectivity index (χ3n) is 4.77. The van der Waals surface area contributed by atoms with Crippen LogP contribution in [-0.2, 0) is 4.79 Å². The lowest BCUT2D eigenvalue weighted by atomic mass is 10.2. The zero-order valence-electron chi connectivity index (χ0n) is 16.3. The van der Waals surface area contributed by atoms with Gasteiger partial charge in [0, 0.05) is 31.4 Å². The Morgan fingerprint density at radius 1 is 1.11 bits per heavy atom. The van der Waals surface area contributed by atoms with Crippen LogP contribution in [0.2, 0.25) is 0 Å². The number of hydrogen-bond acceptors (Lipinski definition) is 4. The molecule has 0 spiro atoms. The van der Waals surface area contributed by atoms with Gasteiger partial charge in [0.2, 0.25) is 5.91 Å². The number of amides is 3. The van der Waals surface area contributed by atoms with E-state index in [0.717, 1.165) is 0 Å². The van der Waals surface area contributed by atoms with Crippen LogP contribution in [0, 0.1) is 0 Å². The van der Waals surface area contributed by atoms with Crippen molar-refractivity contribution in [3.05, 3.63) is 48.5 Å². The maximum absolute atomic E-state index is 12.6. The van der Waals surface area contributed by atoms with E-state index in [2.05, 4.69) is 5.32 Å². The summed E-state index contributed by atoms with van der Waals surface area (Å²) in [6, 6.07) is 13.7. The van der Waals surface area contributed by atoms with E-state index in [-0.39, 0.29) is 11.9 Å². The van der Waals surface area contributed by atoms with Gasteiger partial charge in [0.25, 0.3) is 0 Å². The van der Waals surface area contributed by atoms with Crippen molar-refractivity contribution in [1.82, 2.24) is 9.80 Å². The van der Waals surface area contributed by atoms with Gasteiger partial charge in [0.05, 0.1) is 7.11 Å².